The van der Waals surface area contributed by atoms with Gasteiger partial charge in [0.15, 0.2) is 11.6 Å². The van der Waals surface area contributed by atoms with Crippen LogP contribution in [0.3, 0.4) is 0 Å². The van der Waals surface area contributed by atoms with Gasteiger partial charge in [0.2, 0.25) is 5.91 Å². The third kappa shape index (κ3) is 6.25. The first kappa shape index (κ1) is 22.7. The lowest BCUT2D eigenvalue weighted by Gasteiger charge is -2.44. The second-order valence-corrected chi connectivity index (χ2v) is 9.02. The van der Waals surface area contributed by atoms with Crippen LogP contribution >= 0.6 is 0 Å². The van der Waals surface area contributed by atoms with E-state index >= 15 is 0 Å². The summed E-state index contributed by atoms with van der Waals surface area (Å²) in [5.41, 5.74) is 0.782. The number of esters is 1. The molecule has 3 rings (SSSR count). The lowest BCUT2D eigenvalue weighted by Crippen LogP contribution is -2.57. The summed E-state index contributed by atoms with van der Waals surface area (Å²) in [6, 6.07) is -0.497. The molecule has 0 aromatic rings. The van der Waals surface area contributed by atoms with Crippen LogP contribution in [0.25, 0.3) is 0 Å². The Balaban J connectivity index is 1.77. The molecule has 3 aliphatic rings. The molecule has 166 valence electrons. The molecule has 5 unspecified atom stereocenters. The SMILES string of the molecule is CC1=CC(=O)OC2CC(CCC(C)C/C=C/C(=O)CC1)OC(O)(C1CCC(=O)N1)C2. The summed E-state index contributed by atoms with van der Waals surface area (Å²) in [6.45, 7) is 3.93. The Kier molecular flexibility index (Phi) is 7.47. The fourth-order valence-electron chi connectivity index (χ4n) is 4.43. The van der Waals surface area contributed by atoms with E-state index in [0.29, 0.717) is 44.4 Å². The van der Waals surface area contributed by atoms with Crippen LogP contribution in [0.2, 0.25) is 0 Å². The van der Waals surface area contributed by atoms with Gasteiger partial charge in [-0.05, 0) is 51.0 Å². The van der Waals surface area contributed by atoms with Gasteiger partial charge in [-0.1, -0.05) is 18.6 Å². The van der Waals surface area contributed by atoms with Crippen LogP contribution in [0, 0.1) is 5.92 Å². The van der Waals surface area contributed by atoms with Gasteiger partial charge in [-0.2, -0.15) is 0 Å². The molecule has 7 heteroatoms. The first-order valence-corrected chi connectivity index (χ1v) is 11.0. The Labute approximate surface area is 177 Å². The number of rotatable bonds is 1. The Hall–Kier alpha value is -1.99. The summed E-state index contributed by atoms with van der Waals surface area (Å²) in [6.07, 6.45) is 8.93. The van der Waals surface area contributed by atoms with Gasteiger partial charge in [-0.15, -0.1) is 0 Å². The molecule has 0 spiro atoms. The van der Waals surface area contributed by atoms with Gasteiger partial charge in [0.25, 0.3) is 0 Å². The fourth-order valence-corrected chi connectivity index (χ4v) is 4.43. The first-order valence-electron chi connectivity index (χ1n) is 11.0. The van der Waals surface area contributed by atoms with E-state index in [-0.39, 0.29) is 24.2 Å². The minimum atomic E-state index is -1.54. The van der Waals surface area contributed by atoms with Crippen LogP contribution < -0.4 is 5.32 Å². The molecule has 0 aromatic heterocycles. The molecule has 2 fully saturated rings. The van der Waals surface area contributed by atoms with E-state index in [4.69, 9.17) is 9.47 Å². The minimum Gasteiger partial charge on any atom is -0.459 e. The molecule has 3 heterocycles. The largest absolute Gasteiger partial charge is 0.459 e. The molecule has 30 heavy (non-hydrogen) atoms. The number of ketones is 1. The van der Waals surface area contributed by atoms with Crippen LogP contribution in [0.4, 0.5) is 0 Å². The summed E-state index contributed by atoms with van der Waals surface area (Å²) < 4.78 is 11.7. The van der Waals surface area contributed by atoms with Crippen LogP contribution in [0.5, 0.6) is 0 Å². The monoisotopic (exact) mass is 419 g/mol. The van der Waals surface area contributed by atoms with Crippen molar-refractivity contribution in [1.82, 2.24) is 5.32 Å². The van der Waals surface area contributed by atoms with E-state index < -0.39 is 23.9 Å². The van der Waals surface area contributed by atoms with E-state index in [1.807, 2.05) is 6.08 Å². The molecule has 2 saturated heterocycles. The van der Waals surface area contributed by atoms with Gasteiger partial charge in [-0.3, -0.25) is 9.59 Å². The van der Waals surface area contributed by atoms with E-state index in [1.54, 1.807) is 13.0 Å². The van der Waals surface area contributed by atoms with Crippen molar-refractivity contribution < 1.29 is 29.0 Å². The topological polar surface area (TPSA) is 102 Å². The van der Waals surface area contributed by atoms with Crippen molar-refractivity contribution in [2.75, 3.05) is 0 Å². The van der Waals surface area contributed by atoms with Crippen molar-refractivity contribution in [3.05, 3.63) is 23.8 Å². The third-order valence-electron chi connectivity index (χ3n) is 6.19. The normalized spacial score (nSPS) is 37.8. The molecule has 0 saturated carbocycles. The van der Waals surface area contributed by atoms with E-state index in [2.05, 4.69) is 12.2 Å². The Morgan fingerprint density at radius 2 is 1.90 bits per heavy atom. The molecule has 0 radical (unpaired) electrons. The lowest BCUT2D eigenvalue weighted by molar-refractivity contribution is -0.286. The number of carbonyl (C=O) groups is 3. The number of allylic oxidation sites excluding steroid dienone is 3. The van der Waals surface area contributed by atoms with Gasteiger partial charge < -0.3 is 19.9 Å². The van der Waals surface area contributed by atoms with Gasteiger partial charge in [0.1, 0.15) is 6.10 Å². The van der Waals surface area contributed by atoms with E-state index in [1.165, 1.54) is 6.08 Å². The molecule has 5 atom stereocenters. The maximum Gasteiger partial charge on any atom is 0.330 e. The van der Waals surface area contributed by atoms with Gasteiger partial charge >= 0.3 is 5.97 Å². The molecule has 2 N–H and O–H groups in total. The Bertz CT molecular complexity index is 729. The van der Waals surface area contributed by atoms with Crippen molar-refractivity contribution >= 4 is 17.7 Å². The predicted molar refractivity (Wildman–Crippen MR) is 110 cm³/mol. The summed E-state index contributed by atoms with van der Waals surface area (Å²) in [7, 11) is 0. The summed E-state index contributed by atoms with van der Waals surface area (Å²) in [5, 5.41) is 14.0. The van der Waals surface area contributed by atoms with Crippen molar-refractivity contribution in [2.24, 2.45) is 5.92 Å². The molecule has 0 aromatic carbocycles. The quantitative estimate of drug-likeness (QED) is 0.634. The molecule has 0 aliphatic carbocycles. The molecule has 7 nitrogen and oxygen atoms in total. The van der Waals surface area contributed by atoms with Crippen molar-refractivity contribution in [3.8, 4) is 0 Å². The summed E-state index contributed by atoms with van der Waals surface area (Å²) in [4.78, 5) is 36.1. The highest BCUT2D eigenvalue weighted by Gasteiger charge is 2.49. The first-order chi connectivity index (χ1) is 14.2. The Morgan fingerprint density at radius 3 is 2.63 bits per heavy atom. The maximum absolute atomic E-state index is 12.4. The Morgan fingerprint density at radius 1 is 1.10 bits per heavy atom. The molecule has 2 bridgehead atoms. The second-order valence-electron chi connectivity index (χ2n) is 9.02. The van der Waals surface area contributed by atoms with Crippen LogP contribution in [0.1, 0.15) is 71.6 Å². The number of carbonyl (C=O) groups excluding carboxylic acids is 3. The standard InChI is InChI=1S/C23H33NO6/c1-15-4-3-5-17(25)8-6-16(2)12-22(27)29-19-13-18(9-7-15)30-23(28,14-19)20-10-11-21(26)24-20/h3,5,12,15,18-20,28H,4,6-11,13-14H2,1-2H3,(H,24,26)/b5-3+,16-12?. The van der Waals surface area contributed by atoms with E-state index in [9.17, 15) is 19.5 Å². The fraction of sp³-hybridized carbons (Fsp3) is 0.696. The number of ether oxygens (including phenoxy) is 2. The number of nitrogens with one attached hydrogen (secondary N) is 1. The smallest absolute Gasteiger partial charge is 0.330 e. The predicted octanol–water partition coefficient (Wildman–Crippen LogP) is 2.72. The highest BCUT2D eigenvalue weighted by molar-refractivity contribution is 5.90. The summed E-state index contributed by atoms with van der Waals surface area (Å²) >= 11 is 0. The van der Waals surface area contributed by atoms with Crippen molar-refractivity contribution in [2.45, 2.75) is 95.7 Å². The number of hydrogen-bond acceptors (Lipinski definition) is 6. The van der Waals surface area contributed by atoms with Gasteiger partial charge in [0, 0.05) is 31.8 Å². The van der Waals surface area contributed by atoms with Crippen molar-refractivity contribution in [1.29, 1.82) is 0 Å². The van der Waals surface area contributed by atoms with Crippen LogP contribution in [-0.4, -0.2) is 46.8 Å². The number of fused-ring (bicyclic) bond motifs is 2. The van der Waals surface area contributed by atoms with Crippen LogP contribution in [0.15, 0.2) is 23.8 Å². The average molecular weight is 420 g/mol. The third-order valence-corrected chi connectivity index (χ3v) is 6.19. The number of aliphatic hydroxyl groups is 1. The molecule has 1 amide bonds. The van der Waals surface area contributed by atoms with Gasteiger partial charge in [0.05, 0.1) is 12.1 Å². The summed E-state index contributed by atoms with van der Waals surface area (Å²) in [5.74, 6) is -1.71. The molecule has 3 aliphatic heterocycles. The highest BCUT2D eigenvalue weighted by atomic mass is 16.6. The van der Waals surface area contributed by atoms with Crippen molar-refractivity contribution in [3.63, 3.8) is 0 Å². The second kappa shape index (κ2) is 9.88. The molecular formula is C23H33NO6. The number of hydrogen-bond donors (Lipinski definition) is 2. The molecular weight excluding hydrogens is 386 g/mol. The number of amides is 1. The van der Waals surface area contributed by atoms with Gasteiger partial charge in [-0.25, -0.2) is 4.79 Å². The highest BCUT2D eigenvalue weighted by Crippen LogP contribution is 2.36. The zero-order valence-corrected chi connectivity index (χ0v) is 17.9. The van der Waals surface area contributed by atoms with E-state index in [0.717, 1.165) is 18.4 Å². The zero-order chi connectivity index (χ0) is 21.7. The zero-order valence-electron chi connectivity index (χ0n) is 17.9. The van der Waals surface area contributed by atoms with Crippen LogP contribution in [-0.2, 0) is 23.9 Å². The lowest BCUT2D eigenvalue weighted by atomic mass is 9.89. The maximum atomic E-state index is 12.4. The minimum absolute atomic E-state index is 0.0549. The average Bonchev–Trinajstić information content (AvgIpc) is 3.11.